The van der Waals surface area contributed by atoms with E-state index in [0.717, 1.165) is 22.6 Å². The van der Waals surface area contributed by atoms with Crippen molar-refractivity contribution in [3.63, 3.8) is 0 Å². The Kier molecular flexibility index (Phi) is 4.79. The van der Waals surface area contributed by atoms with Crippen molar-refractivity contribution in [2.24, 2.45) is 0 Å². The van der Waals surface area contributed by atoms with Crippen molar-refractivity contribution in [2.75, 3.05) is 28.4 Å². The van der Waals surface area contributed by atoms with E-state index in [0.29, 0.717) is 23.0 Å². The van der Waals surface area contributed by atoms with Crippen LogP contribution in [0.2, 0.25) is 0 Å². The third-order valence-corrected chi connectivity index (χ3v) is 3.86. The Balaban J connectivity index is 2.10. The van der Waals surface area contributed by atoms with E-state index < -0.39 is 0 Å². The summed E-state index contributed by atoms with van der Waals surface area (Å²) in [5, 5.41) is 0. The van der Waals surface area contributed by atoms with E-state index in [-0.39, 0.29) is 0 Å². The summed E-state index contributed by atoms with van der Waals surface area (Å²) >= 11 is 0. The van der Waals surface area contributed by atoms with Crippen molar-refractivity contribution < 1.29 is 23.4 Å². The second-order valence-electron chi connectivity index (χ2n) is 5.17. The van der Waals surface area contributed by atoms with Crippen LogP contribution in [0.4, 0.5) is 0 Å². The van der Waals surface area contributed by atoms with Crippen molar-refractivity contribution >= 4 is 0 Å². The van der Waals surface area contributed by atoms with Crippen LogP contribution in [0.1, 0.15) is 0 Å². The van der Waals surface area contributed by atoms with Crippen molar-refractivity contribution in [1.82, 2.24) is 4.98 Å². The molecule has 0 unspecified atom stereocenters. The van der Waals surface area contributed by atoms with E-state index in [1.807, 2.05) is 36.4 Å². The molecule has 3 aromatic rings. The van der Waals surface area contributed by atoms with Crippen molar-refractivity contribution in [2.45, 2.75) is 0 Å². The van der Waals surface area contributed by atoms with Gasteiger partial charge in [0.25, 0.3) is 0 Å². The Morgan fingerprint density at radius 2 is 1.40 bits per heavy atom. The number of aromatic nitrogens is 1. The van der Waals surface area contributed by atoms with Gasteiger partial charge in [-0.2, -0.15) is 0 Å². The molecule has 0 radical (unpaired) electrons. The summed E-state index contributed by atoms with van der Waals surface area (Å²) in [6, 6.07) is 11.3. The average molecular weight is 341 g/mol. The fourth-order valence-corrected chi connectivity index (χ4v) is 2.62. The minimum Gasteiger partial charge on any atom is -0.497 e. The predicted octanol–water partition coefficient (Wildman–Crippen LogP) is 4.04. The van der Waals surface area contributed by atoms with E-state index in [2.05, 4.69) is 4.98 Å². The second kappa shape index (κ2) is 7.17. The molecule has 6 heteroatoms. The molecule has 0 bridgehead atoms. The van der Waals surface area contributed by atoms with Gasteiger partial charge in [-0.1, -0.05) is 0 Å². The minimum absolute atomic E-state index is 0.527. The summed E-state index contributed by atoms with van der Waals surface area (Å²) in [4.78, 5) is 4.35. The van der Waals surface area contributed by atoms with E-state index in [4.69, 9.17) is 23.4 Å². The average Bonchev–Trinajstić information content (AvgIpc) is 3.16. The Morgan fingerprint density at radius 1 is 0.760 bits per heavy atom. The maximum atomic E-state index is 5.64. The predicted molar refractivity (Wildman–Crippen MR) is 93.6 cm³/mol. The maximum absolute atomic E-state index is 5.64. The first-order valence-corrected chi connectivity index (χ1v) is 7.60. The molecule has 1 aromatic heterocycles. The molecule has 0 N–H and O–H groups in total. The SMILES string of the molecule is COc1ccc(-c2ncoc2-c2cc(OC)c(OC)c(OC)c2)cc1. The van der Waals surface area contributed by atoms with Crippen LogP contribution >= 0.6 is 0 Å². The van der Waals surface area contributed by atoms with Gasteiger partial charge in [0.15, 0.2) is 23.7 Å². The zero-order valence-electron chi connectivity index (χ0n) is 14.5. The molecule has 0 aliphatic carbocycles. The van der Waals surface area contributed by atoms with Crippen LogP contribution in [-0.4, -0.2) is 33.4 Å². The van der Waals surface area contributed by atoms with Crippen LogP contribution in [0.5, 0.6) is 23.0 Å². The zero-order valence-corrected chi connectivity index (χ0v) is 14.5. The number of oxazole rings is 1. The van der Waals surface area contributed by atoms with Crippen molar-refractivity contribution in [1.29, 1.82) is 0 Å². The van der Waals surface area contributed by atoms with Gasteiger partial charge in [-0.15, -0.1) is 0 Å². The molecule has 6 nitrogen and oxygen atoms in total. The fraction of sp³-hybridized carbons (Fsp3) is 0.211. The number of hydrogen-bond donors (Lipinski definition) is 0. The number of nitrogens with zero attached hydrogens (tertiary/aromatic N) is 1. The summed E-state index contributed by atoms with van der Waals surface area (Å²) in [5.74, 6) is 3.02. The van der Waals surface area contributed by atoms with E-state index in [1.165, 1.54) is 6.39 Å². The lowest BCUT2D eigenvalue weighted by Crippen LogP contribution is -1.96. The summed E-state index contributed by atoms with van der Waals surface area (Å²) in [6.45, 7) is 0. The topological polar surface area (TPSA) is 63.0 Å². The van der Waals surface area contributed by atoms with Gasteiger partial charge >= 0.3 is 0 Å². The Labute approximate surface area is 145 Å². The van der Waals surface area contributed by atoms with Crippen molar-refractivity contribution in [3.8, 4) is 45.6 Å². The van der Waals surface area contributed by atoms with Crippen LogP contribution in [0.15, 0.2) is 47.2 Å². The molecule has 0 amide bonds. The first-order valence-electron chi connectivity index (χ1n) is 7.60. The standard InChI is InChI=1S/C19H19NO5/c1-21-14-7-5-12(6-8-14)17-18(25-11-20-17)13-9-15(22-2)19(24-4)16(10-13)23-3/h5-11H,1-4H3. The molecule has 130 valence electrons. The lowest BCUT2D eigenvalue weighted by Gasteiger charge is -2.13. The number of hydrogen-bond acceptors (Lipinski definition) is 6. The highest BCUT2D eigenvalue weighted by Gasteiger charge is 2.19. The molecule has 25 heavy (non-hydrogen) atoms. The lowest BCUT2D eigenvalue weighted by molar-refractivity contribution is 0.324. The molecule has 0 saturated carbocycles. The molecule has 2 aromatic carbocycles. The van der Waals surface area contributed by atoms with Crippen LogP contribution in [0, 0.1) is 0 Å². The number of benzene rings is 2. The Bertz CT molecular complexity index is 830. The minimum atomic E-state index is 0.527. The largest absolute Gasteiger partial charge is 0.497 e. The van der Waals surface area contributed by atoms with E-state index >= 15 is 0 Å². The van der Waals surface area contributed by atoms with Gasteiger partial charge in [0.2, 0.25) is 5.75 Å². The monoisotopic (exact) mass is 341 g/mol. The van der Waals surface area contributed by atoms with Gasteiger partial charge in [0.1, 0.15) is 11.4 Å². The quantitative estimate of drug-likeness (QED) is 0.674. The normalized spacial score (nSPS) is 10.4. The first kappa shape index (κ1) is 16.7. The van der Waals surface area contributed by atoms with Gasteiger partial charge in [-0.3, -0.25) is 0 Å². The molecule has 3 rings (SSSR count). The molecular weight excluding hydrogens is 322 g/mol. The molecule has 0 fully saturated rings. The summed E-state index contributed by atoms with van der Waals surface area (Å²) < 4.78 is 27.0. The van der Waals surface area contributed by atoms with E-state index in [9.17, 15) is 0 Å². The maximum Gasteiger partial charge on any atom is 0.203 e. The fourth-order valence-electron chi connectivity index (χ4n) is 2.62. The van der Waals surface area contributed by atoms with Crippen LogP contribution < -0.4 is 18.9 Å². The summed E-state index contributed by atoms with van der Waals surface area (Å²) in [7, 11) is 6.35. The highest BCUT2D eigenvalue weighted by atomic mass is 16.5. The molecule has 0 saturated heterocycles. The second-order valence-corrected chi connectivity index (χ2v) is 5.17. The van der Waals surface area contributed by atoms with Crippen LogP contribution in [-0.2, 0) is 0 Å². The molecule has 0 atom stereocenters. The highest BCUT2D eigenvalue weighted by Crippen LogP contribution is 2.43. The Morgan fingerprint density at radius 3 is 1.92 bits per heavy atom. The molecule has 0 spiro atoms. The molecule has 0 aliphatic rings. The molecule has 0 aliphatic heterocycles. The van der Waals surface area contributed by atoms with Gasteiger partial charge < -0.3 is 23.4 Å². The third kappa shape index (κ3) is 3.10. The van der Waals surface area contributed by atoms with Crippen molar-refractivity contribution in [3.05, 3.63) is 42.8 Å². The molecule has 1 heterocycles. The highest BCUT2D eigenvalue weighted by molar-refractivity contribution is 5.79. The van der Waals surface area contributed by atoms with Gasteiger partial charge in [-0.05, 0) is 36.4 Å². The summed E-state index contributed by atoms with van der Waals surface area (Å²) in [6.07, 6.45) is 1.41. The zero-order chi connectivity index (χ0) is 17.8. The van der Waals surface area contributed by atoms with Gasteiger partial charge in [-0.25, -0.2) is 4.98 Å². The van der Waals surface area contributed by atoms with Crippen LogP contribution in [0.3, 0.4) is 0 Å². The lowest BCUT2D eigenvalue weighted by atomic mass is 10.0. The number of rotatable bonds is 6. The number of methoxy groups -OCH3 is 4. The number of ether oxygens (including phenoxy) is 4. The summed E-state index contributed by atoms with van der Waals surface area (Å²) in [5.41, 5.74) is 2.41. The Hall–Kier alpha value is -3.15. The smallest absolute Gasteiger partial charge is 0.203 e. The van der Waals surface area contributed by atoms with Gasteiger partial charge in [0.05, 0.1) is 28.4 Å². The van der Waals surface area contributed by atoms with E-state index in [1.54, 1.807) is 28.4 Å². The molecular formula is C19H19NO5. The van der Waals surface area contributed by atoms with Crippen LogP contribution in [0.25, 0.3) is 22.6 Å². The first-order chi connectivity index (χ1) is 12.2. The third-order valence-electron chi connectivity index (χ3n) is 3.86. The van der Waals surface area contributed by atoms with Gasteiger partial charge in [0, 0.05) is 11.1 Å².